The van der Waals surface area contributed by atoms with Gasteiger partial charge < -0.3 is 5.32 Å². The Hall–Kier alpha value is -2.25. The van der Waals surface area contributed by atoms with Crippen molar-refractivity contribution in [1.29, 1.82) is 0 Å². The van der Waals surface area contributed by atoms with Crippen molar-refractivity contribution in [2.24, 2.45) is 0 Å². The fourth-order valence-corrected chi connectivity index (χ4v) is 4.54. The Morgan fingerprint density at radius 3 is 2.45 bits per heavy atom. The van der Waals surface area contributed by atoms with Crippen LogP contribution in [0, 0.1) is 13.8 Å². The van der Waals surface area contributed by atoms with Gasteiger partial charge in [-0.15, -0.1) is 11.3 Å². The van der Waals surface area contributed by atoms with Crippen molar-refractivity contribution in [3.8, 4) is 11.3 Å². The van der Waals surface area contributed by atoms with Crippen LogP contribution in [0.2, 0.25) is 5.02 Å². The smallest absolute Gasteiger partial charge is 0.240 e. The van der Waals surface area contributed by atoms with Gasteiger partial charge >= 0.3 is 0 Å². The maximum atomic E-state index is 12.5. The second-order valence-corrected chi connectivity index (χ2v) is 9.36. The first-order valence-electron chi connectivity index (χ1n) is 10.5. The summed E-state index contributed by atoms with van der Waals surface area (Å²) in [6, 6.07) is 14.3. The van der Waals surface area contributed by atoms with Crippen molar-refractivity contribution >= 4 is 34.0 Å². The van der Waals surface area contributed by atoms with Gasteiger partial charge in [0.2, 0.25) is 5.91 Å². The van der Waals surface area contributed by atoms with Gasteiger partial charge in [0, 0.05) is 48.7 Å². The minimum absolute atomic E-state index is 0.00728. The second kappa shape index (κ2) is 9.92. The maximum absolute atomic E-state index is 12.5. The first-order valence-corrected chi connectivity index (χ1v) is 11.7. The number of aromatic nitrogens is 1. The van der Waals surface area contributed by atoms with E-state index in [1.165, 1.54) is 28.0 Å². The van der Waals surface area contributed by atoms with Crippen molar-refractivity contribution in [3.05, 3.63) is 69.6 Å². The summed E-state index contributed by atoms with van der Waals surface area (Å²) < 4.78 is 0. The molecule has 1 saturated heterocycles. The van der Waals surface area contributed by atoms with E-state index in [0.29, 0.717) is 11.7 Å². The molecule has 1 aromatic heterocycles. The zero-order chi connectivity index (χ0) is 21.8. The van der Waals surface area contributed by atoms with Crippen LogP contribution >= 0.6 is 22.9 Å². The molecule has 1 aliphatic heterocycles. The second-order valence-electron chi connectivity index (χ2n) is 8.06. The molecule has 0 saturated carbocycles. The number of hydrogen-bond donors (Lipinski definition) is 1. The van der Waals surface area contributed by atoms with Gasteiger partial charge in [0.25, 0.3) is 0 Å². The van der Waals surface area contributed by atoms with Crippen molar-refractivity contribution in [1.82, 2.24) is 14.8 Å². The van der Waals surface area contributed by atoms with Crippen LogP contribution in [0.5, 0.6) is 0 Å². The van der Waals surface area contributed by atoms with Gasteiger partial charge in [0.15, 0.2) is 5.13 Å². The van der Waals surface area contributed by atoms with Crippen molar-refractivity contribution in [2.45, 2.75) is 20.4 Å². The Morgan fingerprint density at radius 1 is 1.03 bits per heavy atom. The number of benzene rings is 2. The molecule has 1 aliphatic rings. The van der Waals surface area contributed by atoms with E-state index in [-0.39, 0.29) is 5.91 Å². The third-order valence-electron chi connectivity index (χ3n) is 5.70. The Morgan fingerprint density at radius 2 is 1.74 bits per heavy atom. The van der Waals surface area contributed by atoms with E-state index in [2.05, 4.69) is 64.3 Å². The van der Waals surface area contributed by atoms with E-state index in [1.54, 1.807) is 0 Å². The fourth-order valence-electron chi connectivity index (χ4n) is 3.68. The fraction of sp³-hybridized carbons (Fsp3) is 0.333. The molecule has 4 rings (SSSR count). The number of anilines is 1. The lowest BCUT2D eigenvalue weighted by molar-refractivity contribution is -0.117. The molecule has 2 aromatic carbocycles. The van der Waals surface area contributed by atoms with Crippen LogP contribution in [0.25, 0.3) is 11.3 Å². The molecule has 162 valence electrons. The van der Waals surface area contributed by atoms with Gasteiger partial charge in [-0.05, 0) is 48.7 Å². The number of hydrogen-bond acceptors (Lipinski definition) is 5. The minimum Gasteiger partial charge on any atom is -0.301 e. The zero-order valence-corrected chi connectivity index (χ0v) is 19.5. The molecular formula is C24H27ClN4OS. The van der Waals surface area contributed by atoms with Crippen LogP contribution in [-0.4, -0.2) is 53.4 Å². The van der Waals surface area contributed by atoms with E-state index >= 15 is 0 Å². The quantitative estimate of drug-likeness (QED) is 0.579. The van der Waals surface area contributed by atoms with Crippen molar-refractivity contribution < 1.29 is 4.79 Å². The predicted molar refractivity (Wildman–Crippen MR) is 129 cm³/mol. The molecular weight excluding hydrogens is 428 g/mol. The number of piperazine rings is 1. The predicted octanol–water partition coefficient (Wildman–Crippen LogP) is 4.84. The Balaban J connectivity index is 1.25. The molecule has 31 heavy (non-hydrogen) atoms. The van der Waals surface area contributed by atoms with Gasteiger partial charge in [0.05, 0.1) is 12.2 Å². The van der Waals surface area contributed by atoms with Gasteiger partial charge in [-0.3, -0.25) is 14.6 Å². The summed E-state index contributed by atoms with van der Waals surface area (Å²) in [5.41, 5.74) is 5.75. The van der Waals surface area contributed by atoms with E-state index < -0.39 is 0 Å². The Kier molecular flexibility index (Phi) is 7.02. The highest BCUT2D eigenvalue weighted by molar-refractivity contribution is 7.14. The van der Waals surface area contributed by atoms with E-state index in [9.17, 15) is 4.79 Å². The van der Waals surface area contributed by atoms with Crippen LogP contribution in [0.3, 0.4) is 0 Å². The zero-order valence-electron chi connectivity index (χ0n) is 17.9. The Bertz CT molecular complexity index is 1040. The molecule has 3 aromatic rings. The summed E-state index contributed by atoms with van der Waals surface area (Å²) in [5, 5.41) is 6.37. The molecule has 2 heterocycles. The number of nitrogens with zero attached hydrogens (tertiary/aromatic N) is 3. The minimum atomic E-state index is -0.00728. The Labute approximate surface area is 192 Å². The lowest BCUT2D eigenvalue weighted by Gasteiger charge is -2.34. The molecule has 0 aliphatic carbocycles. The monoisotopic (exact) mass is 454 g/mol. The van der Waals surface area contributed by atoms with Gasteiger partial charge in [-0.25, -0.2) is 4.98 Å². The number of carbonyl (C=O) groups excluding carboxylic acids is 1. The average Bonchev–Trinajstić information content (AvgIpc) is 3.21. The molecule has 1 fully saturated rings. The van der Waals surface area contributed by atoms with Crippen molar-refractivity contribution in [2.75, 3.05) is 38.0 Å². The van der Waals surface area contributed by atoms with Gasteiger partial charge in [0.1, 0.15) is 0 Å². The summed E-state index contributed by atoms with van der Waals surface area (Å²) in [7, 11) is 0. The SMILES string of the molecule is Cc1ccc(-c2csc(NC(=O)CN3CCN(Cc4ccc(Cl)cc4)CC3)n2)cc1C. The van der Waals surface area contributed by atoms with Crippen LogP contribution in [-0.2, 0) is 11.3 Å². The van der Waals surface area contributed by atoms with Gasteiger partial charge in [-0.1, -0.05) is 35.9 Å². The van der Waals surface area contributed by atoms with Gasteiger partial charge in [-0.2, -0.15) is 0 Å². The average molecular weight is 455 g/mol. The molecule has 7 heteroatoms. The highest BCUT2D eigenvalue weighted by atomic mass is 35.5. The molecule has 0 spiro atoms. The maximum Gasteiger partial charge on any atom is 0.240 e. The molecule has 0 bridgehead atoms. The number of rotatable bonds is 6. The molecule has 5 nitrogen and oxygen atoms in total. The molecule has 0 atom stereocenters. The first-order chi connectivity index (χ1) is 15.0. The number of carbonyl (C=O) groups is 1. The summed E-state index contributed by atoms with van der Waals surface area (Å²) in [6.45, 7) is 9.17. The van der Waals surface area contributed by atoms with Crippen molar-refractivity contribution in [3.63, 3.8) is 0 Å². The number of thiazole rings is 1. The highest BCUT2D eigenvalue weighted by Crippen LogP contribution is 2.26. The largest absolute Gasteiger partial charge is 0.301 e. The third-order valence-corrected chi connectivity index (χ3v) is 6.71. The van der Waals surface area contributed by atoms with E-state index in [4.69, 9.17) is 11.6 Å². The van der Waals surface area contributed by atoms with E-state index in [0.717, 1.165) is 49.0 Å². The molecule has 1 amide bonds. The topological polar surface area (TPSA) is 48.5 Å². The molecule has 1 N–H and O–H groups in total. The van der Waals surface area contributed by atoms with Crippen LogP contribution in [0.4, 0.5) is 5.13 Å². The number of halogens is 1. The molecule has 0 unspecified atom stereocenters. The summed E-state index contributed by atoms with van der Waals surface area (Å²) in [5.74, 6) is -0.00728. The first kappa shape index (κ1) is 22.0. The summed E-state index contributed by atoms with van der Waals surface area (Å²) in [6.07, 6.45) is 0. The summed E-state index contributed by atoms with van der Waals surface area (Å²) in [4.78, 5) is 21.7. The normalized spacial score (nSPS) is 15.2. The standard InChI is InChI=1S/C24H27ClN4OS/c1-17-3-6-20(13-18(17)2)22-16-31-24(26-22)27-23(30)15-29-11-9-28(10-12-29)14-19-4-7-21(25)8-5-19/h3-8,13,16H,9-12,14-15H2,1-2H3,(H,26,27,30). The van der Waals surface area contributed by atoms with E-state index in [1.807, 2.05) is 17.5 Å². The lowest BCUT2D eigenvalue weighted by Crippen LogP contribution is -2.48. The summed E-state index contributed by atoms with van der Waals surface area (Å²) >= 11 is 7.43. The third kappa shape index (κ3) is 5.92. The molecule has 0 radical (unpaired) electrons. The van der Waals surface area contributed by atoms with Crippen LogP contribution in [0.15, 0.2) is 47.8 Å². The number of nitrogens with one attached hydrogen (secondary N) is 1. The number of amides is 1. The number of aryl methyl sites for hydroxylation is 2. The van der Waals surface area contributed by atoms with Crippen LogP contribution in [0.1, 0.15) is 16.7 Å². The highest BCUT2D eigenvalue weighted by Gasteiger charge is 2.19. The van der Waals surface area contributed by atoms with Crippen LogP contribution < -0.4 is 5.32 Å². The lowest BCUT2D eigenvalue weighted by atomic mass is 10.1.